The molecule has 3 heteroatoms. The summed E-state index contributed by atoms with van der Waals surface area (Å²) in [6.45, 7) is 0. The van der Waals surface area contributed by atoms with E-state index in [1.165, 1.54) is 5.39 Å². The molecule has 0 aliphatic carbocycles. The van der Waals surface area contributed by atoms with Gasteiger partial charge in [-0.15, -0.1) is 0 Å². The first kappa shape index (κ1) is 24.2. The Morgan fingerprint density at radius 3 is 1.60 bits per heavy atom. The summed E-state index contributed by atoms with van der Waals surface area (Å²) in [5, 5.41) is 4.52. The van der Waals surface area contributed by atoms with Crippen LogP contribution >= 0.6 is 0 Å². The van der Waals surface area contributed by atoms with Crippen LogP contribution in [0.25, 0.3) is 77.6 Å². The van der Waals surface area contributed by atoms with E-state index in [4.69, 9.17) is 15.0 Å². The molecule has 0 bridgehead atoms. The Bertz CT molecular complexity index is 2240. The number of rotatable bonds is 4. The Hall–Kier alpha value is -5.67. The lowest BCUT2D eigenvalue weighted by Crippen LogP contribution is -1.95. The molecule has 2 aromatic heterocycles. The van der Waals surface area contributed by atoms with Gasteiger partial charge in [0, 0.05) is 38.2 Å². The van der Waals surface area contributed by atoms with Crippen LogP contribution in [0.5, 0.6) is 0 Å². The van der Waals surface area contributed by atoms with Crippen molar-refractivity contribution < 1.29 is 0 Å². The molecule has 0 radical (unpaired) electrons. The van der Waals surface area contributed by atoms with Gasteiger partial charge in [-0.2, -0.15) is 0 Å². The van der Waals surface area contributed by atoms with Crippen LogP contribution < -0.4 is 0 Å². The molecule has 0 N–H and O–H groups in total. The molecule has 0 aliphatic heterocycles. The Kier molecular flexibility index (Phi) is 5.79. The number of para-hydroxylation sites is 2. The standard InChI is InChI=1S/C39H25N3/c1-3-13-26(14-4-1)37-32-20-8-10-24-35(32)41-39(42-37)29-18-11-17-28(25-29)30-21-12-22-33-36(30)31-19-7-9-23-34(31)40-38(33)27-15-5-2-6-16-27/h1-25H. The van der Waals surface area contributed by atoms with Crippen molar-refractivity contribution in [2.75, 3.05) is 0 Å². The fraction of sp³-hybridized carbons (Fsp3) is 0. The van der Waals surface area contributed by atoms with E-state index in [2.05, 4.69) is 127 Å². The second-order valence-corrected chi connectivity index (χ2v) is 10.4. The van der Waals surface area contributed by atoms with Gasteiger partial charge in [0.2, 0.25) is 0 Å². The largest absolute Gasteiger partial charge is 0.247 e. The highest BCUT2D eigenvalue weighted by molar-refractivity contribution is 6.17. The molecule has 3 nitrogen and oxygen atoms in total. The van der Waals surface area contributed by atoms with E-state index in [-0.39, 0.29) is 0 Å². The lowest BCUT2D eigenvalue weighted by atomic mass is 9.92. The van der Waals surface area contributed by atoms with Crippen molar-refractivity contribution in [3.63, 3.8) is 0 Å². The van der Waals surface area contributed by atoms with Gasteiger partial charge in [0.15, 0.2) is 5.82 Å². The zero-order valence-electron chi connectivity index (χ0n) is 22.8. The third-order valence-corrected chi connectivity index (χ3v) is 7.85. The summed E-state index contributed by atoms with van der Waals surface area (Å²) in [7, 11) is 0. The van der Waals surface area contributed by atoms with E-state index in [0.29, 0.717) is 5.82 Å². The molecule has 196 valence electrons. The molecule has 42 heavy (non-hydrogen) atoms. The second-order valence-electron chi connectivity index (χ2n) is 10.4. The first-order chi connectivity index (χ1) is 20.8. The number of hydrogen-bond acceptors (Lipinski definition) is 3. The molecule has 0 saturated heterocycles. The van der Waals surface area contributed by atoms with Crippen LogP contribution in [0, 0.1) is 0 Å². The summed E-state index contributed by atoms with van der Waals surface area (Å²) >= 11 is 0. The molecule has 0 atom stereocenters. The monoisotopic (exact) mass is 535 g/mol. The van der Waals surface area contributed by atoms with Gasteiger partial charge in [-0.05, 0) is 29.3 Å². The maximum Gasteiger partial charge on any atom is 0.160 e. The van der Waals surface area contributed by atoms with Crippen molar-refractivity contribution in [1.82, 2.24) is 15.0 Å². The Morgan fingerprint density at radius 2 is 0.857 bits per heavy atom. The summed E-state index contributed by atoms with van der Waals surface area (Å²) < 4.78 is 0. The fourth-order valence-corrected chi connectivity index (χ4v) is 5.91. The Labute approximate surface area is 243 Å². The minimum Gasteiger partial charge on any atom is -0.247 e. The molecule has 6 aromatic carbocycles. The molecule has 0 amide bonds. The van der Waals surface area contributed by atoms with Gasteiger partial charge in [0.1, 0.15) is 0 Å². The minimum absolute atomic E-state index is 0.714. The summed E-state index contributed by atoms with van der Waals surface area (Å²) in [5.41, 5.74) is 9.30. The van der Waals surface area contributed by atoms with Gasteiger partial charge in [0.05, 0.1) is 22.4 Å². The van der Waals surface area contributed by atoms with Crippen LogP contribution in [0.4, 0.5) is 0 Å². The molecule has 8 rings (SSSR count). The van der Waals surface area contributed by atoms with Gasteiger partial charge < -0.3 is 0 Å². The van der Waals surface area contributed by atoms with Crippen molar-refractivity contribution in [2.24, 2.45) is 0 Å². The first-order valence-corrected chi connectivity index (χ1v) is 14.1. The van der Waals surface area contributed by atoms with Crippen LogP contribution in [0.1, 0.15) is 0 Å². The normalized spacial score (nSPS) is 11.3. The molecule has 0 spiro atoms. The minimum atomic E-state index is 0.714. The van der Waals surface area contributed by atoms with E-state index < -0.39 is 0 Å². The summed E-state index contributed by atoms with van der Waals surface area (Å²) in [6.07, 6.45) is 0. The number of fused-ring (bicyclic) bond motifs is 4. The van der Waals surface area contributed by atoms with E-state index in [1.54, 1.807) is 0 Å². The molecule has 0 aliphatic rings. The third kappa shape index (κ3) is 4.11. The van der Waals surface area contributed by atoms with Crippen molar-refractivity contribution in [2.45, 2.75) is 0 Å². The van der Waals surface area contributed by atoms with Crippen molar-refractivity contribution >= 4 is 32.6 Å². The van der Waals surface area contributed by atoms with Crippen LogP contribution in [-0.2, 0) is 0 Å². The summed E-state index contributed by atoms with van der Waals surface area (Å²) in [4.78, 5) is 15.3. The Morgan fingerprint density at radius 1 is 0.333 bits per heavy atom. The zero-order chi connectivity index (χ0) is 27.9. The second kappa shape index (κ2) is 10.1. The van der Waals surface area contributed by atoms with Gasteiger partial charge in [-0.1, -0.05) is 133 Å². The molecule has 0 unspecified atom stereocenters. The Balaban J connectivity index is 1.36. The van der Waals surface area contributed by atoms with E-state index >= 15 is 0 Å². The van der Waals surface area contributed by atoms with Gasteiger partial charge >= 0.3 is 0 Å². The first-order valence-electron chi connectivity index (χ1n) is 14.1. The highest BCUT2D eigenvalue weighted by Gasteiger charge is 2.16. The van der Waals surface area contributed by atoms with Gasteiger partial charge in [0.25, 0.3) is 0 Å². The number of benzene rings is 6. The lowest BCUT2D eigenvalue weighted by Gasteiger charge is -2.15. The van der Waals surface area contributed by atoms with E-state index in [0.717, 1.165) is 66.4 Å². The summed E-state index contributed by atoms with van der Waals surface area (Å²) in [5.74, 6) is 0.714. The highest BCUT2D eigenvalue weighted by Crippen LogP contribution is 2.39. The van der Waals surface area contributed by atoms with Crippen molar-refractivity contribution in [3.8, 4) is 45.0 Å². The smallest absolute Gasteiger partial charge is 0.160 e. The van der Waals surface area contributed by atoms with Crippen LogP contribution in [0.15, 0.2) is 152 Å². The fourth-order valence-electron chi connectivity index (χ4n) is 5.91. The molecule has 2 heterocycles. The number of nitrogens with zero attached hydrogens (tertiary/aromatic N) is 3. The summed E-state index contributed by atoms with van der Waals surface area (Å²) in [6, 6.07) is 52.5. The molecule has 0 saturated carbocycles. The SMILES string of the molecule is c1ccc(-c2nc(-c3cccc(-c4cccc5c(-c6ccccc6)nc6ccccc6c45)c3)nc3ccccc23)cc1. The number of hydrogen-bond donors (Lipinski definition) is 0. The molecular formula is C39H25N3. The maximum atomic E-state index is 5.12. The highest BCUT2D eigenvalue weighted by atomic mass is 14.9. The van der Waals surface area contributed by atoms with Crippen molar-refractivity contribution in [1.29, 1.82) is 0 Å². The quantitative estimate of drug-likeness (QED) is 0.211. The topological polar surface area (TPSA) is 38.7 Å². The van der Waals surface area contributed by atoms with Crippen molar-refractivity contribution in [3.05, 3.63) is 152 Å². The van der Waals surface area contributed by atoms with Gasteiger partial charge in [-0.3, -0.25) is 0 Å². The van der Waals surface area contributed by atoms with Crippen LogP contribution in [0.2, 0.25) is 0 Å². The predicted molar refractivity (Wildman–Crippen MR) is 174 cm³/mol. The average molecular weight is 536 g/mol. The predicted octanol–water partition coefficient (Wildman–Crippen LogP) is 10.00. The van der Waals surface area contributed by atoms with Crippen LogP contribution in [0.3, 0.4) is 0 Å². The maximum absolute atomic E-state index is 5.12. The van der Waals surface area contributed by atoms with Gasteiger partial charge in [-0.25, -0.2) is 15.0 Å². The lowest BCUT2D eigenvalue weighted by molar-refractivity contribution is 1.23. The van der Waals surface area contributed by atoms with E-state index in [9.17, 15) is 0 Å². The third-order valence-electron chi connectivity index (χ3n) is 7.85. The average Bonchev–Trinajstić information content (AvgIpc) is 3.08. The molecular weight excluding hydrogens is 510 g/mol. The zero-order valence-corrected chi connectivity index (χ0v) is 22.8. The number of aromatic nitrogens is 3. The van der Waals surface area contributed by atoms with E-state index in [1.807, 2.05) is 24.3 Å². The molecule has 0 fully saturated rings. The molecule has 8 aromatic rings. The number of pyridine rings is 1. The van der Waals surface area contributed by atoms with Crippen LogP contribution in [-0.4, -0.2) is 15.0 Å².